The second-order valence-electron chi connectivity index (χ2n) is 7.81. The maximum atomic E-state index is 12.6. The van der Waals surface area contributed by atoms with Gasteiger partial charge in [-0.05, 0) is 19.9 Å². The van der Waals surface area contributed by atoms with Gasteiger partial charge in [0.15, 0.2) is 5.96 Å². The van der Waals surface area contributed by atoms with E-state index in [0.29, 0.717) is 38.6 Å². The van der Waals surface area contributed by atoms with Gasteiger partial charge < -0.3 is 25.2 Å². The minimum absolute atomic E-state index is 0. The molecule has 180 valence electrons. The molecule has 0 aromatic carbocycles. The smallest absolute Gasteiger partial charge is 0.225 e. The third-order valence-corrected chi connectivity index (χ3v) is 5.63. The Morgan fingerprint density at radius 2 is 1.81 bits per heavy atom. The van der Waals surface area contributed by atoms with Crippen molar-refractivity contribution in [3.8, 4) is 0 Å². The lowest BCUT2D eigenvalue weighted by Gasteiger charge is -2.34. The van der Waals surface area contributed by atoms with Gasteiger partial charge in [0.2, 0.25) is 11.9 Å². The lowest BCUT2D eigenvalue weighted by Crippen LogP contribution is -2.50. The molecule has 3 rings (SSSR count). The first-order valence-electron chi connectivity index (χ1n) is 11.3. The summed E-state index contributed by atoms with van der Waals surface area (Å²) in [5, 5.41) is 6.57. The number of carbonyl (C=O) groups is 1. The van der Waals surface area contributed by atoms with Crippen LogP contribution in [0.5, 0.6) is 0 Å². The van der Waals surface area contributed by atoms with Gasteiger partial charge in [-0.15, -0.1) is 24.0 Å². The van der Waals surface area contributed by atoms with Crippen molar-refractivity contribution in [3.05, 3.63) is 18.5 Å². The van der Waals surface area contributed by atoms with Crippen molar-refractivity contribution in [1.82, 2.24) is 30.4 Å². The van der Waals surface area contributed by atoms with Gasteiger partial charge in [0, 0.05) is 77.2 Å². The number of guanidine groups is 1. The van der Waals surface area contributed by atoms with E-state index in [9.17, 15) is 4.79 Å². The number of piperazine rings is 1. The van der Waals surface area contributed by atoms with Crippen LogP contribution in [0.1, 0.15) is 20.3 Å². The minimum Gasteiger partial charge on any atom is -0.379 e. The van der Waals surface area contributed by atoms with Crippen LogP contribution >= 0.6 is 24.0 Å². The van der Waals surface area contributed by atoms with Crippen LogP contribution in [0.15, 0.2) is 23.5 Å². The fourth-order valence-corrected chi connectivity index (χ4v) is 3.76. The molecule has 0 saturated carbocycles. The molecule has 1 amide bonds. The molecule has 10 nitrogen and oxygen atoms in total. The van der Waals surface area contributed by atoms with Crippen molar-refractivity contribution in [1.29, 1.82) is 0 Å². The van der Waals surface area contributed by atoms with Crippen LogP contribution in [-0.2, 0) is 9.53 Å². The van der Waals surface area contributed by atoms with Crippen LogP contribution in [0.4, 0.5) is 5.95 Å². The first kappa shape index (κ1) is 26.5. The topological polar surface area (TPSA) is 98.2 Å². The Kier molecular flexibility index (Phi) is 12.0. The quantitative estimate of drug-likeness (QED) is 0.268. The summed E-state index contributed by atoms with van der Waals surface area (Å²) in [6.45, 7) is 12.7. The Labute approximate surface area is 208 Å². The average molecular weight is 560 g/mol. The highest BCUT2D eigenvalue weighted by Crippen LogP contribution is 2.10. The molecule has 11 heteroatoms. The number of nitrogens with zero attached hydrogens (tertiary/aromatic N) is 6. The Morgan fingerprint density at radius 3 is 2.47 bits per heavy atom. The van der Waals surface area contributed by atoms with E-state index >= 15 is 0 Å². The molecule has 1 atom stereocenters. The summed E-state index contributed by atoms with van der Waals surface area (Å²) in [5.74, 6) is 1.66. The number of rotatable bonds is 8. The van der Waals surface area contributed by atoms with Gasteiger partial charge in [-0.1, -0.05) is 0 Å². The van der Waals surface area contributed by atoms with Crippen molar-refractivity contribution in [2.24, 2.45) is 4.99 Å². The van der Waals surface area contributed by atoms with E-state index in [1.807, 2.05) is 17.9 Å². The molecule has 0 aliphatic carbocycles. The Bertz CT molecular complexity index is 694. The maximum Gasteiger partial charge on any atom is 0.225 e. The molecule has 32 heavy (non-hydrogen) atoms. The highest BCUT2D eigenvalue weighted by Gasteiger charge is 2.22. The first-order chi connectivity index (χ1) is 15.2. The zero-order chi connectivity index (χ0) is 21.9. The fraction of sp³-hybridized carbons (Fsp3) is 0.714. The highest BCUT2D eigenvalue weighted by molar-refractivity contribution is 14.0. The molecule has 0 radical (unpaired) electrons. The normalized spacial score (nSPS) is 18.6. The Balaban J connectivity index is 0.00000363. The van der Waals surface area contributed by atoms with Gasteiger partial charge >= 0.3 is 0 Å². The number of aromatic nitrogens is 2. The Hall–Kier alpha value is -1.73. The third kappa shape index (κ3) is 8.32. The van der Waals surface area contributed by atoms with E-state index in [-0.39, 0.29) is 29.9 Å². The van der Waals surface area contributed by atoms with Crippen molar-refractivity contribution in [3.63, 3.8) is 0 Å². The summed E-state index contributed by atoms with van der Waals surface area (Å²) in [4.78, 5) is 32.3. The van der Waals surface area contributed by atoms with Crippen LogP contribution in [0, 0.1) is 0 Å². The van der Waals surface area contributed by atoms with Gasteiger partial charge in [-0.3, -0.25) is 14.7 Å². The van der Waals surface area contributed by atoms with Crippen LogP contribution in [0.3, 0.4) is 0 Å². The number of carbonyl (C=O) groups excluding carboxylic acids is 1. The molecule has 1 aromatic rings. The molecule has 2 fully saturated rings. The van der Waals surface area contributed by atoms with Crippen LogP contribution in [0.25, 0.3) is 0 Å². The Morgan fingerprint density at radius 1 is 1.12 bits per heavy atom. The average Bonchev–Trinajstić information content (AvgIpc) is 2.83. The van der Waals surface area contributed by atoms with Gasteiger partial charge in [-0.2, -0.15) is 0 Å². The first-order valence-corrected chi connectivity index (χ1v) is 11.3. The molecular weight excluding hydrogens is 523 g/mol. The summed E-state index contributed by atoms with van der Waals surface area (Å²) in [6.07, 6.45) is 3.94. The monoisotopic (exact) mass is 560 g/mol. The van der Waals surface area contributed by atoms with Gasteiger partial charge in [0.05, 0.1) is 19.8 Å². The van der Waals surface area contributed by atoms with Crippen LogP contribution in [-0.4, -0.2) is 110 Å². The number of hydrogen-bond donors (Lipinski definition) is 2. The molecule has 0 bridgehead atoms. The second kappa shape index (κ2) is 14.4. The standard InChI is InChI=1S/C21H36N8O2.HI/c1-3-22-20(26-17-18(2)27-13-15-31-16-14-27)23-8-5-19(30)28-9-11-29(12-10-28)21-24-6-4-7-25-21;/h4,6-7,18H,3,5,8-17H2,1-2H3,(H2,22,23,26);1H. The molecule has 2 saturated heterocycles. The molecule has 3 heterocycles. The fourth-order valence-electron chi connectivity index (χ4n) is 3.76. The zero-order valence-electron chi connectivity index (χ0n) is 19.2. The highest BCUT2D eigenvalue weighted by atomic mass is 127. The van der Waals surface area contributed by atoms with E-state index in [1.165, 1.54) is 0 Å². The van der Waals surface area contributed by atoms with Crippen molar-refractivity contribution in [2.45, 2.75) is 26.3 Å². The molecule has 2 aliphatic heterocycles. The van der Waals surface area contributed by atoms with E-state index < -0.39 is 0 Å². The van der Waals surface area contributed by atoms with E-state index in [1.54, 1.807) is 12.4 Å². The molecule has 1 aromatic heterocycles. The molecule has 2 aliphatic rings. The summed E-state index contributed by atoms with van der Waals surface area (Å²) in [6, 6.07) is 2.18. The number of hydrogen-bond acceptors (Lipinski definition) is 7. The minimum atomic E-state index is 0. The van der Waals surface area contributed by atoms with Gasteiger partial charge in [0.1, 0.15) is 0 Å². The number of aliphatic imine (C=N–C) groups is 1. The predicted molar refractivity (Wildman–Crippen MR) is 137 cm³/mol. The SMILES string of the molecule is CCNC(=NCC(C)N1CCOCC1)NCCC(=O)N1CCN(c2ncccn2)CC1.I. The number of amides is 1. The van der Waals surface area contributed by atoms with E-state index in [4.69, 9.17) is 9.73 Å². The van der Waals surface area contributed by atoms with Crippen molar-refractivity contribution < 1.29 is 9.53 Å². The van der Waals surface area contributed by atoms with Crippen LogP contribution in [0.2, 0.25) is 0 Å². The van der Waals surface area contributed by atoms with Crippen molar-refractivity contribution in [2.75, 3.05) is 77.0 Å². The summed E-state index contributed by atoms with van der Waals surface area (Å²) in [7, 11) is 0. The zero-order valence-corrected chi connectivity index (χ0v) is 21.5. The summed E-state index contributed by atoms with van der Waals surface area (Å²) >= 11 is 0. The van der Waals surface area contributed by atoms with Gasteiger partial charge in [-0.25, -0.2) is 9.97 Å². The van der Waals surface area contributed by atoms with Crippen LogP contribution < -0.4 is 15.5 Å². The predicted octanol–water partition coefficient (Wildman–Crippen LogP) is 0.409. The maximum absolute atomic E-state index is 12.6. The molecular formula is C21H37IN8O2. The lowest BCUT2D eigenvalue weighted by atomic mass is 10.2. The second-order valence-corrected chi connectivity index (χ2v) is 7.81. The van der Waals surface area contributed by atoms with E-state index in [0.717, 1.165) is 57.8 Å². The number of nitrogens with one attached hydrogen (secondary N) is 2. The van der Waals surface area contributed by atoms with E-state index in [2.05, 4.69) is 37.3 Å². The summed E-state index contributed by atoms with van der Waals surface area (Å²) < 4.78 is 5.42. The summed E-state index contributed by atoms with van der Waals surface area (Å²) in [5.41, 5.74) is 0. The number of halogens is 1. The largest absolute Gasteiger partial charge is 0.379 e. The number of ether oxygens (including phenoxy) is 1. The molecule has 2 N–H and O–H groups in total. The molecule has 1 unspecified atom stereocenters. The van der Waals surface area contributed by atoms with Gasteiger partial charge in [0.25, 0.3) is 0 Å². The number of morpholine rings is 1. The number of anilines is 1. The van der Waals surface area contributed by atoms with Crippen molar-refractivity contribution >= 4 is 41.8 Å². The third-order valence-electron chi connectivity index (χ3n) is 5.63. The molecule has 0 spiro atoms. The lowest BCUT2D eigenvalue weighted by molar-refractivity contribution is -0.131.